The molecule has 1 aliphatic rings. The van der Waals surface area contributed by atoms with E-state index >= 15 is 0 Å². The Labute approximate surface area is 288 Å². The molecule has 6 N–H and O–H groups in total. The summed E-state index contributed by atoms with van der Waals surface area (Å²) in [6.45, 7) is 7.02. The Morgan fingerprint density at radius 1 is 0.680 bits per heavy atom. The van der Waals surface area contributed by atoms with Gasteiger partial charge in [0.2, 0.25) is 0 Å². The molecule has 12 nitrogen and oxygen atoms in total. The maximum Gasteiger partial charge on any atom is 0.271 e. The fraction of sp³-hybridized carbons (Fsp3) is 0.333. The van der Waals surface area contributed by atoms with Gasteiger partial charge in [0.1, 0.15) is 46.6 Å². The molecule has 0 radical (unpaired) electrons. The average molecular weight is 693 g/mol. The molecule has 1 fully saturated rings. The second-order valence-electron chi connectivity index (χ2n) is 11.9. The summed E-state index contributed by atoms with van der Waals surface area (Å²) in [7, 11) is 2.96. The van der Waals surface area contributed by atoms with Crippen LogP contribution in [-0.2, 0) is 0 Å². The molecule has 2 aromatic heterocycles. The highest BCUT2D eigenvalue weighted by molar-refractivity contribution is 6.00. The van der Waals surface area contributed by atoms with E-state index in [-0.39, 0.29) is 58.2 Å². The third-order valence-electron chi connectivity index (χ3n) is 7.59. The highest BCUT2D eigenvalue weighted by atomic mass is 19.1. The van der Waals surface area contributed by atoms with Gasteiger partial charge in [-0.15, -0.1) is 0 Å². The summed E-state index contributed by atoms with van der Waals surface area (Å²) >= 11 is 0. The van der Waals surface area contributed by atoms with E-state index in [1.165, 1.54) is 38.4 Å². The molecule has 4 aromatic rings. The van der Waals surface area contributed by atoms with Crippen molar-refractivity contribution in [1.29, 1.82) is 0 Å². The molecule has 0 aliphatic heterocycles. The number of nitrogens with one attached hydrogen (secondary N) is 6. The van der Waals surface area contributed by atoms with Crippen LogP contribution in [0.15, 0.2) is 60.7 Å². The van der Waals surface area contributed by atoms with Crippen LogP contribution in [0.1, 0.15) is 106 Å². The van der Waals surface area contributed by atoms with Gasteiger partial charge in [-0.1, -0.05) is 36.4 Å². The summed E-state index contributed by atoms with van der Waals surface area (Å²) in [4.78, 5) is 54.0. The molecule has 266 valence electrons. The summed E-state index contributed by atoms with van der Waals surface area (Å²) in [6.07, 6.45) is 0.659. The number of carbonyl (C=O) groups is 4. The number of aromatic amines is 2. The molecule has 50 heavy (non-hydrogen) atoms. The van der Waals surface area contributed by atoms with Gasteiger partial charge in [0.15, 0.2) is 11.5 Å². The van der Waals surface area contributed by atoms with Gasteiger partial charge < -0.3 is 40.7 Å². The van der Waals surface area contributed by atoms with Crippen molar-refractivity contribution < 1.29 is 37.4 Å². The Balaban J connectivity index is 0.000000225. The van der Waals surface area contributed by atoms with Gasteiger partial charge in [-0.2, -0.15) is 0 Å². The van der Waals surface area contributed by atoms with Crippen LogP contribution in [0.2, 0.25) is 0 Å². The first-order valence-electron chi connectivity index (χ1n) is 16.2. The van der Waals surface area contributed by atoms with Crippen molar-refractivity contribution in [1.82, 2.24) is 31.2 Å². The van der Waals surface area contributed by atoms with Crippen molar-refractivity contribution >= 4 is 23.6 Å². The van der Waals surface area contributed by atoms with Gasteiger partial charge >= 0.3 is 0 Å². The number of amides is 4. The summed E-state index contributed by atoms with van der Waals surface area (Å²) in [5.74, 6) is -1.89. The molecule has 1 saturated carbocycles. The number of carbonyl (C=O) groups excluding carboxylic acids is 4. The third kappa shape index (κ3) is 9.49. The van der Waals surface area contributed by atoms with Crippen molar-refractivity contribution in [3.05, 3.63) is 106 Å². The number of hydrogen-bond acceptors (Lipinski definition) is 6. The van der Waals surface area contributed by atoms with Gasteiger partial charge in [0.05, 0.1) is 0 Å². The lowest BCUT2D eigenvalue weighted by Gasteiger charge is -2.15. The first-order valence-corrected chi connectivity index (χ1v) is 16.2. The number of rotatable bonds is 12. The summed E-state index contributed by atoms with van der Waals surface area (Å²) in [6, 6.07) is 15.6. The second-order valence-corrected chi connectivity index (χ2v) is 11.9. The Morgan fingerprint density at radius 3 is 1.48 bits per heavy atom. The minimum atomic E-state index is -0.638. The Kier molecular flexibility index (Phi) is 12.4. The topological polar surface area (TPSA) is 166 Å². The molecule has 2 aromatic carbocycles. The first-order chi connectivity index (χ1) is 23.8. The zero-order valence-electron chi connectivity index (χ0n) is 28.7. The first kappa shape index (κ1) is 37.2. The quantitative estimate of drug-likeness (QED) is 0.117. The van der Waals surface area contributed by atoms with E-state index in [1.54, 1.807) is 50.2 Å². The van der Waals surface area contributed by atoms with E-state index in [1.807, 2.05) is 13.8 Å². The molecule has 1 aliphatic carbocycles. The normalized spacial score (nSPS) is 13.3. The summed E-state index contributed by atoms with van der Waals surface area (Å²) in [5, 5.41) is 10.6. The lowest BCUT2D eigenvalue weighted by atomic mass is 10.1. The Morgan fingerprint density at radius 2 is 1.10 bits per heavy atom. The number of hydrogen-bond donors (Lipinski definition) is 6. The van der Waals surface area contributed by atoms with Crippen LogP contribution < -0.4 is 30.7 Å². The monoisotopic (exact) mass is 692 g/mol. The van der Waals surface area contributed by atoms with E-state index < -0.39 is 35.7 Å². The minimum Gasteiger partial charge on any atom is -0.483 e. The molecular formula is C36H42F2N6O6. The molecule has 0 saturated heterocycles. The number of benzene rings is 2. The molecule has 2 heterocycles. The van der Waals surface area contributed by atoms with Crippen LogP contribution in [0.4, 0.5) is 8.78 Å². The van der Waals surface area contributed by atoms with E-state index in [2.05, 4.69) is 31.2 Å². The highest BCUT2D eigenvalue weighted by Crippen LogP contribution is 2.30. The van der Waals surface area contributed by atoms with Crippen molar-refractivity contribution in [3.8, 4) is 11.5 Å². The van der Waals surface area contributed by atoms with Gasteiger partial charge in [-0.25, -0.2) is 8.78 Å². The van der Waals surface area contributed by atoms with Crippen molar-refractivity contribution in [2.24, 2.45) is 0 Å². The van der Waals surface area contributed by atoms with Crippen LogP contribution in [0, 0.1) is 11.6 Å². The maximum absolute atomic E-state index is 13.9. The Bertz CT molecular complexity index is 1710. The number of ether oxygens (including phenoxy) is 2. The lowest BCUT2D eigenvalue weighted by Crippen LogP contribution is -2.30. The molecule has 2 atom stereocenters. The van der Waals surface area contributed by atoms with E-state index in [0.29, 0.717) is 11.1 Å². The largest absolute Gasteiger partial charge is 0.483 e. The highest BCUT2D eigenvalue weighted by Gasteiger charge is 2.27. The van der Waals surface area contributed by atoms with Crippen LogP contribution in [0.3, 0.4) is 0 Å². The average Bonchev–Trinajstić information content (AvgIpc) is 3.64. The van der Waals surface area contributed by atoms with Crippen LogP contribution in [0.25, 0.3) is 0 Å². The Hall–Kier alpha value is -5.66. The van der Waals surface area contributed by atoms with Crippen LogP contribution in [-0.4, -0.2) is 59.8 Å². The lowest BCUT2D eigenvalue weighted by molar-refractivity contribution is 0.0928. The number of H-pyrrole nitrogens is 2. The predicted molar refractivity (Wildman–Crippen MR) is 182 cm³/mol. The molecule has 4 amide bonds. The molecule has 5 rings (SSSR count). The van der Waals surface area contributed by atoms with E-state index in [0.717, 1.165) is 12.8 Å². The number of halogens is 2. The second kappa shape index (κ2) is 16.6. The fourth-order valence-corrected chi connectivity index (χ4v) is 4.84. The van der Waals surface area contributed by atoms with Gasteiger partial charge in [0, 0.05) is 49.4 Å². The SMILES string of the molecule is CNC(=O)c1[nH]c(C(=O)NC(C)C)cc1OC(C)c1ccccc1F.CNC(=O)c1[nH]c(C(=O)NC2CC2)cc1OC(C)c1ccccc1F. The predicted octanol–water partition coefficient (Wildman–Crippen LogP) is 5.34. The smallest absolute Gasteiger partial charge is 0.271 e. The maximum atomic E-state index is 13.9. The van der Waals surface area contributed by atoms with Gasteiger partial charge in [-0.05, 0) is 52.7 Å². The minimum absolute atomic E-state index is 0.0547. The molecular weight excluding hydrogens is 650 g/mol. The van der Waals surface area contributed by atoms with E-state index in [4.69, 9.17) is 9.47 Å². The molecule has 0 bridgehead atoms. The van der Waals surface area contributed by atoms with Gasteiger partial charge in [0.25, 0.3) is 23.6 Å². The van der Waals surface area contributed by atoms with Crippen LogP contribution >= 0.6 is 0 Å². The zero-order chi connectivity index (χ0) is 36.5. The number of aromatic nitrogens is 2. The molecule has 2 unspecified atom stereocenters. The third-order valence-corrected chi connectivity index (χ3v) is 7.59. The van der Waals surface area contributed by atoms with E-state index in [9.17, 15) is 28.0 Å². The standard InChI is InChI=1S/C18H20FN3O3.C18H22FN3O3/c1-10(12-5-3-4-6-13(12)19)25-15-9-14(17(23)21-11-7-8-11)22-16(15)18(24)20-2;1-10(2)21-17(23)14-9-15(16(22-14)18(24)20-4)25-11(3)12-7-5-6-8-13(12)19/h3-6,9-11,22H,7-8H2,1-2H3,(H,20,24)(H,21,23);5-11,22H,1-4H3,(H,20,24)(H,21,23). The molecule has 14 heteroatoms. The van der Waals surface area contributed by atoms with Crippen LogP contribution in [0.5, 0.6) is 11.5 Å². The van der Waals surface area contributed by atoms with Crippen molar-refractivity contribution in [2.75, 3.05) is 14.1 Å². The molecule has 0 spiro atoms. The zero-order valence-corrected chi connectivity index (χ0v) is 28.7. The van der Waals surface area contributed by atoms with Gasteiger partial charge in [-0.3, -0.25) is 19.2 Å². The fourth-order valence-electron chi connectivity index (χ4n) is 4.84. The van der Waals surface area contributed by atoms with Crippen molar-refractivity contribution in [3.63, 3.8) is 0 Å². The summed E-state index contributed by atoms with van der Waals surface area (Å²) < 4.78 is 39.4. The summed E-state index contributed by atoms with van der Waals surface area (Å²) in [5.41, 5.74) is 1.41. The van der Waals surface area contributed by atoms with Crippen molar-refractivity contribution in [2.45, 2.75) is 64.8 Å².